The second-order valence-corrected chi connectivity index (χ2v) is 11.2. The number of benzene rings is 1. The van der Waals surface area contributed by atoms with Gasteiger partial charge in [-0.1, -0.05) is 39.3 Å². The lowest BCUT2D eigenvalue weighted by atomic mass is 9.44. The highest BCUT2D eigenvalue weighted by atomic mass is 16.5. The molecule has 3 saturated carbocycles. The van der Waals surface area contributed by atoms with Crippen molar-refractivity contribution < 1.29 is 9.53 Å². The van der Waals surface area contributed by atoms with E-state index in [4.69, 9.17) is 4.74 Å². The fourth-order valence-electron chi connectivity index (χ4n) is 8.87. The zero-order chi connectivity index (χ0) is 21.1. The van der Waals surface area contributed by atoms with Crippen molar-refractivity contribution in [2.75, 3.05) is 7.11 Å². The van der Waals surface area contributed by atoms with Gasteiger partial charge in [0.25, 0.3) is 0 Å². The van der Waals surface area contributed by atoms with E-state index in [2.05, 4.69) is 50.4 Å². The number of nitrogens with one attached hydrogen (secondary N) is 1. The van der Waals surface area contributed by atoms with Crippen molar-refractivity contribution in [1.29, 1.82) is 0 Å². The van der Waals surface area contributed by atoms with Crippen molar-refractivity contribution in [3.8, 4) is 5.75 Å². The Balaban J connectivity index is 1.51. The number of carbonyl (C=O) groups excluding carboxylic acids is 1. The molecule has 8 atom stereocenters. The first-order chi connectivity index (χ1) is 14.4. The lowest BCUT2D eigenvalue weighted by Gasteiger charge is -2.62. The highest BCUT2D eigenvalue weighted by molar-refractivity contribution is 5.79. The average molecular weight is 410 g/mol. The third kappa shape index (κ3) is 2.79. The molecule has 4 aliphatic rings. The van der Waals surface area contributed by atoms with Gasteiger partial charge in [0.1, 0.15) is 5.75 Å². The van der Waals surface area contributed by atoms with Crippen LogP contribution in [0.5, 0.6) is 5.75 Å². The van der Waals surface area contributed by atoms with Crippen molar-refractivity contribution in [1.82, 2.24) is 5.32 Å². The molecular formula is C27H39NO2. The van der Waals surface area contributed by atoms with Crippen molar-refractivity contribution in [2.45, 2.75) is 84.1 Å². The zero-order valence-electron chi connectivity index (χ0n) is 19.2. The lowest BCUT2D eigenvalue weighted by Crippen LogP contribution is -2.63. The average Bonchev–Trinajstić information content (AvgIpc) is 3.10. The molecule has 1 saturated heterocycles. The van der Waals surface area contributed by atoms with E-state index in [1.54, 1.807) is 7.11 Å². The van der Waals surface area contributed by atoms with Crippen molar-refractivity contribution in [2.24, 2.45) is 34.5 Å². The number of hydrogen-bond acceptors (Lipinski definition) is 2. The second-order valence-electron chi connectivity index (χ2n) is 11.2. The van der Waals surface area contributed by atoms with Gasteiger partial charge in [0.05, 0.1) is 7.11 Å². The van der Waals surface area contributed by atoms with Crippen LogP contribution in [-0.2, 0) is 4.79 Å². The fourth-order valence-corrected chi connectivity index (χ4v) is 8.87. The summed E-state index contributed by atoms with van der Waals surface area (Å²) < 4.78 is 5.40. The van der Waals surface area contributed by atoms with Gasteiger partial charge in [0.15, 0.2) is 0 Å². The molecule has 1 aromatic carbocycles. The number of rotatable bonds is 3. The molecule has 30 heavy (non-hydrogen) atoms. The Morgan fingerprint density at radius 2 is 1.80 bits per heavy atom. The fraction of sp³-hybridized carbons (Fsp3) is 0.741. The molecule has 5 rings (SSSR count). The molecule has 1 amide bonds. The molecule has 0 bridgehead atoms. The predicted octanol–water partition coefficient (Wildman–Crippen LogP) is 5.94. The van der Waals surface area contributed by atoms with Crippen LogP contribution in [0.4, 0.5) is 0 Å². The normalized spacial score (nSPS) is 45.1. The number of hydrogen-bond donors (Lipinski definition) is 1. The van der Waals surface area contributed by atoms with Gasteiger partial charge in [-0.2, -0.15) is 0 Å². The number of piperidine rings is 1. The van der Waals surface area contributed by atoms with Gasteiger partial charge in [0.2, 0.25) is 5.91 Å². The summed E-state index contributed by atoms with van der Waals surface area (Å²) in [5, 5.41) is 3.44. The molecule has 0 spiro atoms. The van der Waals surface area contributed by atoms with Gasteiger partial charge in [-0.05, 0) is 90.7 Å². The minimum atomic E-state index is 0.150. The Bertz CT molecular complexity index is 804. The topological polar surface area (TPSA) is 38.3 Å². The molecule has 164 valence electrons. The molecule has 1 aromatic rings. The van der Waals surface area contributed by atoms with Crippen LogP contribution < -0.4 is 10.1 Å². The molecule has 0 aromatic heterocycles. The van der Waals surface area contributed by atoms with E-state index < -0.39 is 0 Å². The van der Waals surface area contributed by atoms with Gasteiger partial charge in [-0.25, -0.2) is 0 Å². The van der Waals surface area contributed by atoms with Crippen molar-refractivity contribution in [3.63, 3.8) is 0 Å². The summed E-state index contributed by atoms with van der Waals surface area (Å²) in [7, 11) is 1.72. The molecule has 4 fully saturated rings. The third-order valence-corrected chi connectivity index (χ3v) is 10.5. The van der Waals surface area contributed by atoms with Crippen molar-refractivity contribution in [3.05, 3.63) is 29.8 Å². The predicted molar refractivity (Wildman–Crippen MR) is 120 cm³/mol. The highest BCUT2D eigenvalue weighted by Crippen LogP contribution is 2.67. The number of ether oxygens (including phenoxy) is 1. The zero-order valence-corrected chi connectivity index (χ0v) is 19.2. The minimum Gasteiger partial charge on any atom is -0.497 e. The molecule has 1 unspecified atom stereocenters. The van der Waals surface area contributed by atoms with E-state index in [1.165, 1.54) is 44.1 Å². The summed E-state index contributed by atoms with van der Waals surface area (Å²) in [5.74, 6) is 4.79. The van der Waals surface area contributed by atoms with E-state index >= 15 is 0 Å². The summed E-state index contributed by atoms with van der Waals surface area (Å²) in [5.41, 5.74) is 2.02. The first-order valence-electron chi connectivity index (χ1n) is 12.3. The van der Waals surface area contributed by atoms with E-state index in [0.29, 0.717) is 23.8 Å². The maximum absolute atomic E-state index is 12.7. The summed E-state index contributed by atoms with van der Waals surface area (Å²) >= 11 is 0. The van der Waals surface area contributed by atoms with Crippen LogP contribution in [0.25, 0.3) is 0 Å². The van der Waals surface area contributed by atoms with Crippen LogP contribution in [0.2, 0.25) is 0 Å². The monoisotopic (exact) mass is 409 g/mol. The number of amides is 1. The van der Waals surface area contributed by atoms with Crippen LogP contribution >= 0.6 is 0 Å². The minimum absolute atomic E-state index is 0.150. The third-order valence-electron chi connectivity index (χ3n) is 10.5. The maximum atomic E-state index is 12.7. The molecular weight excluding hydrogens is 370 g/mol. The molecule has 1 heterocycles. The quantitative estimate of drug-likeness (QED) is 0.671. The standard InChI is InChI=1S/C27H39NO2/c1-5-18-8-12-21-20-11-13-24-27(3,22(20)14-15-26(18,21)2)23(16-25(29)28-24)17-6-9-19(30-4)10-7-17/h6-7,9-10,18,20-24H,5,8,11-16H2,1-4H3,(H,28,29)/t18-,20-,21-,22-,23?,24+,26+,27-/m0/s1. The first-order valence-corrected chi connectivity index (χ1v) is 12.3. The SMILES string of the molecule is CC[C@H]1CC[C@H]2[C@@H]3CC[C@H]4NC(=O)CC(c5ccc(OC)cc5)[C@]4(C)[C@H]3CC[C@]12C. The highest BCUT2D eigenvalue weighted by Gasteiger charge is 2.62. The lowest BCUT2D eigenvalue weighted by molar-refractivity contribution is -0.140. The van der Waals surface area contributed by atoms with Crippen LogP contribution in [0.3, 0.4) is 0 Å². The summed E-state index contributed by atoms with van der Waals surface area (Å²) in [6.45, 7) is 7.55. The Hall–Kier alpha value is -1.51. The molecule has 0 radical (unpaired) electrons. The summed E-state index contributed by atoms with van der Waals surface area (Å²) in [6, 6.07) is 8.88. The maximum Gasteiger partial charge on any atom is 0.220 e. The molecule has 3 nitrogen and oxygen atoms in total. The molecule has 3 aliphatic carbocycles. The first kappa shape index (κ1) is 20.4. The largest absolute Gasteiger partial charge is 0.497 e. The Morgan fingerprint density at radius 3 is 2.50 bits per heavy atom. The Labute approximate surface area is 182 Å². The van der Waals surface area contributed by atoms with Gasteiger partial charge >= 0.3 is 0 Å². The summed E-state index contributed by atoms with van der Waals surface area (Å²) in [6.07, 6.45) is 10.00. The van der Waals surface area contributed by atoms with Gasteiger partial charge in [-0.15, -0.1) is 0 Å². The van der Waals surface area contributed by atoms with E-state index in [-0.39, 0.29) is 11.3 Å². The van der Waals surface area contributed by atoms with E-state index in [9.17, 15) is 4.79 Å². The van der Waals surface area contributed by atoms with Crippen molar-refractivity contribution >= 4 is 5.91 Å². The second kappa shape index (κ2) is 7.28. The van der Waals surface area contributed by atoms with Crippen LogP contribution in [0.15, 0.2) is 24.3 Å². The number of fused-ring (bicyclic) bond motifs is 5. The van der Waals surface area contributed by atoms with Crippen LogP contribution in [-0.4, -0.2) is 19.1 Å². The molecule has 1 aliphatic heterocycles. The smallest absolute Gasteiger partial charge is 0.220 e. The van der Waals surface area contributed by atoms with Crippen LogP contribution in [0.1, 0.15) is 83.6 Å². The Kier molecular flexibility index (Phi) is 4.95. The molecule has 1 N–H and O–H groups in total. The molecule has 3 heteroatoms. The van der Waals surface area contributed by atoms with E-state index in [1.807, 2.05) is 0 Å². The van der Waals surface area contributed by atoms with Gasteiger partial charge in [-0.3, -0.25) is 4.79 Å². The Morgan fingerprint density at radius 1 is 1.03 bits per heavy atom. The number of carbonyl (C=O) groups is 1. The number of methoxy groups -OCH3 is 1. The van der Waals surface area contributed by atoms with Gasteiger partial charge in [0, 0.05) is 18.4 Å². The van der Waals surface area contributed by atoms with Crippen LogP contribution in [0, 0.1) is 34.5 Å². The van der Waals surface area contributed by atoms with Gasteiger partial charge < -0.3 is 10.1 Å². The van der Waals surface area contributed by atoms with E-state index in [0.717, 1.165) is 35.8 Å². The summed E-state index contributed by atoms with van der Waals surface area (Å²) in [4.78, 5) is 12.7.